The highest BCUT2D eigenvalue weighted by Crippen LogP contribution is 2.25. The predicted molar refractivity (Wildman–Crippen MR) is 78.6 cm³/mol. The van der Waals surface area contributed by atoms with E-state index in [0.717, 1.165) is 5.56 Å². The van der Waals surface area contributed by atoms with Crippen LogP contribution in [0.3, 0.4) is 0 Å². The molecule has 5 nitrogen and oxygen atoms in total. The lowest BCUT2D eigenvalue weighted by Crippen LogP contribution is -2.36. The minimum absolute atomic E-state index is 0.0905. The number of hydrogen-bond acceptors (Lipinski definition) is 5. The molecule has 1 aromatic carbocycles. The quantitative estimate of drug-likeness (QED) is 0.751. The maximum atomic E-state index is 9.68. The molecular weight excluding hydrogens is 308 g/mol. The number of nitrogens with zero attached hydrogens (tertiary/aromatic N) is 2. The van der Waals surface area contributed by atoms with E-state index < -0.39 is 5.54 Å². The first-order valence-corrected chi connectivity index (χ1v) is 6.57. The molecule has 0 aliphatic heterocycles. The van der Waals surface area contributed by atoms with Gasteiger partial charge < -0.3 is 16.2 Å². The average molecular weight is 323 g/mol. The van der Waals surface area contributed by atoms with E-state index >= 15 is 0 Å². The SMILES string of the molecule is CC(CO)(Nc1nc(N)cc(Br)n1)c1ccccc1. The third kappa shape index (κ3) is 3.21. The summed E-state index contributed by atoms with van der Waals surface area (Å²) in [5, 5.41) is 12.8. The predicted octanol–water partition coefficient (Wildman–Crippen LogP) is 2.14. The van der Waals surface area contributed by atoms with E-state index in [-0.39, 0.29) is 6.61 Å². The highest BCUT2D eigenvalue weighted by atomic mass is 79.9. The molecule has 0 saturated carbocycles. The van der Waals surface area contributed by atoms with Crippen molar-refractivity contribution in [3.63, 3.8) is 0 Å². The van der Waals surface area contributed by atoms with Crippen LogP contribution in [-0.4, -0.2) is 21.7 Å². The molecule has 4 N–H and O–H groups in total. The summed E-state index contributed by atoms with van der Waals surface area (Å²) >= 11 is 3.27. The van der Waals surface area contributed by atoms with E-state index in [1.54, 1.807) is 6.07 Å². The molecule has 0 bridgehead atoms. The van der Waals surface area contributed by atoms with Gasteiger partial charge in [-0.25, -0.2) is 4.98 Å². The summed E-state index contributed by atoms with van der Waals surface area (Å²) in [6, 6.07) is 11.2. The Morgan fingerprint density at radius 2 is 2.00 bits per heavy atom. The lowest BCUT2D eigenvalue weighted by molar-refractivity contribution is 0.223. The Balaban J connectivity index is 2.33. The molecule has 1 atom stereocenters. The fourth-order valence-electron chi connectivity index (χ4n) is 1.75. The lowest BCUT2D eigenvalue weighted by atomic mass is 9.93. The van der Waals surface area contributed by atoms with Crippen LogP contribution in [-0.2, 0) is 5.54 Å². The number of rotatable bonds is 4. The van der Waals surface area contributed by atoms with Crippen LogP contribution in [0.5, 0.6) is 0 Å². The largest absolute Gasteiger partial charge is 0.394 e. The zero-order valence-corrected chi connectivity index (χ0v) is 12.1. The summed E-state index contributed by atoms with van der Waals surface area (Å²) < 4.78 is 0.593. The van der Waals surface area contributed by atoms with Crippen molar-refractivity contribution in [2.24, 2.45) is 0 Å². The topological polar surface area (TPSA) is 84.1 Å². The van der Waals surface area contributed by atoms with Gasteiger partial charge in [-0.3, -0.25) is 0 Å². The number of nitrogens with two attached hydrogens (primary N) is 1. The number of anilines is 2. The summed E-state index contributed by atoms with van der Waals surface area (Å²) in [5.41, 5.74) is 5.95. The third-order valence-electron chi connectivity index (χ3n) is 2.83. The van der Waals surface area contributed by atoms with E-state index in [0.29, 0.717) is 16.4 Å². The molecule has 1 heterocycles. The zero-order valence-electron chi connectivity index (χ0n) is 10.5. The molecule has 2 aromatic rings. The second kappa shape index (κ2) is 5.54. The summed E-state index contributed by atoms with van der Waals surface area (Å²) in [5.74, 6) is 0.727. The van der Waals surface area contributed by atoms with E-state index in [2.05, 4.69) is 31.2 Å². The van der Waals surface area contributed by atoms with Crippen molar-refractivity contribution in [3.8, 4) is 0 Å². The van der Waals surface area contributed by atoms with Crippen molar-refractivity contribution in [1.29, 1.82) is 0 Å². The first-order chi connectivity index (χ1) is 9.03. The molecule has 0 spiro atoms. The first-order valence-electron chi connectivity index (χ1n) is 5.78. The van der Waals surface area contributed by atoms with Gasteiger partial charge in [-0.2, -0.15) is 4.98 Å². The number of aliphatic hydroxyl groups excluding tert-OH is 1. The van der Waals surface area contributed by atoms with Crippen LogP contribution in [0.4, 0.5) is 11.8 Å². The molecule has 0 aliphatic carbocycles. The van der Waals surface area contributed by atoms with Crippen molar-refractivity contribution in [1.82, 2.24) is 9.97 Å². The van der Waals surface area contributed by atoms with Gasteiger partial charge in [0.1, 0.15) is 10.4 Å². The Morgan fingerprint density at radius 3 is 2.58 bits per heavy atom. The molecule has 0 radical (unpaired) electrons. The van der Waals surface area contributed by atoms with E-state index in [1.165, 1.54) is 0 Å². The molecule has 0 saturated heterocycles. The third-order valence-corrected chi connectivity index (χ3v) is 3.24. The number of halogens is 1. The molecule has 100 valence electrons. The van der Waals surface area contributed by atoms with Gasteiger partial charge in [-0.1, -0.05) is 30.3 Å². The average Bonchev–Trinajstić information content (AvgIpc) is 2.38. The molecule has 0 aliphatic rings. The molecule has 1 unspecified atom stereocenters. The van der Waals surface area contributed by atoms with Crippen LogP contribution in [0.2, 0.25) is 0 Å². The van der Waals surface area contributed by atoms with Crippen LogP contribution < -0.4 is 11.1 Å². The van der Waals surface area contributed by atoms with Gasteiger partial charge in [-0.15, -0.1) is 0 Å². The molecule has 0 fully saturated rings. The molecule has 1 aromatic heterocycles. The van der Waals surface area contributed by atoms with E-state index in [9.17, 15) is 5.11 Å². The Kier molecular flexibility index (Phi) is 4.01. The van der Waals surface area contributed by atoms with E-state index in [4.69, 9.17) is 5.73 Å². The van der Waals surface area contributed by atoms with Crippen LogP contribution in [0.1, 0.15) is 12.5 Å². The Labute approximate surface area is 120 Å². The number of aromatic nitrogens is 2. The number of nitrogens with one attached hydrogen (secondary N) is 1. The molecule has 2 rings (SSSR count). The highest BCUT2D eigenvalue weighted by Gasteiger charge is 2.26. The van der Waals surface area contributed by atoms with Gasteiger partial charge in [0.15, 0.2) is 0 Å². The molecule has 0 amide bonds. The van der Waals surface area contributed by atoms with Crippen molar-refractivity contribution in [2.45, 2.75) is 12.5 Å². The maximum absolute atomic E-state index is 9.68. The molecule has 19 heavy (non-hydrogen) atoms. The minimum atomic E-state index is -0.672. The van der Waals surface area contributed by atoms with Crippen molar-refractivity contribution in [2.75, 3.05) is 17.7 Å². The smallest absolute Gasteiger partial charge is 0.226 e. The van der Waals surface area contributed by atoms with E-state index in [1.807, 2.05) is 37.3 Å². The standard InChI is InChI=1S/C13H15BrN4O/c1-13(8-19,9-5-3-2-4-6-9)18-12-16-10(14)7-11(15)17-12/h2-7,19H,8H2,1H3,(H3,15,16,17,18). The second-order valence-electron chi connectivity index (χ2n) is 4.42. The summed E-state index contributed by atoms with van der Waals surface area (Å²) in [6.07, 6.45) is 0. The van der Waals surface area contributed by atoms with Gasteiger partial charge in [0, 0.05) is 6.07 Å². The number of hydrogen-bond donors (Lipinski definition) is 3. The van der Waals surface area contributed by atoms with Gasteiger partial charge in [0.05, 0.1) is 12.1 Å². The maximum Gasteiger partial charge on any atom is 0.226 e. The lowest BCUT2D eigenvalue weighted by Gasteiger charge is -2.29. The van der Waals surface area contributed by atoms with Gasteiger partial charge in [0.25, 0.3) is 0 Å². The second-order valence-corrected chi connectivity index (χ2v) is 5.23. The zero-order chi connectivity index (χ0) is 13.9. The highest BCUT2D eigenvalue weighted by molar-refractivity contribution is 9.10. The van der Waals surface area contributed by atoms with Crippen molar-refractivity contribution in [3.05, 3.63) is 46.6 Å². The summed E-state index contributed by atoms with van der Waals surface area (Å²) in [6.45, 7) is 1.79. The van der Waals surface area contributed by atoms with Crippen LogP contribution >= 0.6 is 15.9 Å². The fourth-order valence-corrected chi connectivity index (χ4v) is 2.15. The number of nitrogen functional groups attached to an aromatic ring is 1. The van der Waals surface area contributed by atoms with Crippen molar-refractivity contribution < 1.29 is 5.11 Å². The van der Waals surface area contributed by atoms with Gasteiger partial charge in [-0.05, 0) is 28.4 Å². The molecule has 6 heteroatoms. The number of benzene rings is 1. The van der Waals surface area contributed by atoms with Crippen LogP contribution in [0.25, 0.3) is 0 Å². The van der Waals surface area contributed by atoms with Crippen LogP contribution in [0.15, 0.2) is 41.0 Å². The minimum Gasteiger partial charge on any atom is -0.394 e. The Morgan fingerprint density at radius 1 is 1.32 bits per heavy atom. The summed E-state index contributed by atoms with van der Waals surface area (Å²) in [7, 11) is 0. The fraction of sp³-hybridized carbons (Fsp3) is 0.231. The number of aliphatic hydroxyl groups is 1. The van der Waals surface area contributed by atoms with Crippen molar-refractivity contribution >= 4 is 27.7 Å². The van der Waals surface area contributed by atoms with Gasteiger partial charge >= 0.3 is 0 Å². The normalized spacial score (nSPS) is 13.8. The molecular formula is C13H15BrN4O. The van der Waals surface area contributed by atoms with Gasteiger partial charge in [0.2, 0.25) is 5.95 Å². The summed E-state index contributed by atoms with van der Waals surface area (Å²) in [4.78, 5) is 8.30. The first kappa shape index (κ1) is 13.8. The Bertz CT molecular complexity index is 544. The monoisotopic (exact) mass is 322 g/mol. The van der Waals surface area contributed by atoms with Crippen LogP contribution in [0, 0.1) is 0 Å². The Hall–Kier alpha value is -1.66.